The molecule has 4 heteroatoms. The Kier molecular flexibility index (Phi) is 2.23. The number of aryl methyl sites for hydroxylation is 1. The summed E-state index contributed by atoms with van der Waals surface area (Å²) in [6.45, 7) is 4.10. The zero-order valence-corrected chi connectivity index (χ0v) is 10.2. The minimum atomic E-state index is -0.130. The van der Waals surface area contributed by atoms with E-state index in [4.69, 9.17) is 10.2 Å². The number of hydrogen-bond donors (Lipinski definition) is 1. The van der Waals surface area contributed by atoms with Crippen molar-refractivity contribution in [1.29, 1.82) is 0 Å². The Balaban J connectivity index is 2.12. The van der Waals surface area contributed by atoms with Gasteiger partial charge in [0.2, 0.25) is 5.89 Å². The Bertz CT molecular complexity index is 563. The maximum absolute atomic E-state index is 6.18. The van der Waals surface area contributed by atoms with Crippen LogP contribution in [0, 0.1) is 6.92 Å². The lowest BCUT2D eigenvalue weighted by Crippen LogP contribution is -2.38. The molecule has 0 amide bonds. The smallest absolute Gasteiger partial charge is 0.204 e. The van der Waals surface area contributed by atoms with E-state index in [9.17, 15) is 0 Å². The van der Waals surface area contributed by atoms with Crippen LogP contribution in [0.15, 0.2) is 16.5 Å². The standard InChI is InChI=1S/C13H17N3O/c1-8-5-6-9-11(15-8)16-12(17-9)13(2)7-3-4-10(13)14/h5-6,10H,3-4,7,14H2,1-2H3. The zero-order chi connectivity index (χ0) is 12.0. The topological polar surface area (TPSA) is 64.9 Å². The van der Waals surface area contributed by atoms with Crippen LogP contribution in [-0.4, -0.2) is 16.0 Å². The highest BCUT2D eigenvalue weighted by atomic mass is 16.3. The normalized spacial score (nSPS) is 29.0. The number of hydrogen-bond acceptors (Lipinski definition) is 4. The zero-order valence-electron chi connectivity index (χ0n) is 10.2. The number of pyridine rings is 1. The van der Waals surface area contributed by atoms with Crippen molar-refractivity contribution < 1.29 is 4.42 Å². The second kappa shape index (κ2) is 3.53. The number of aromatic nitrogens is 2. The van der Waals surface area contributed by atoms with Crippen molar-refractivity contribution >= 4 is 11.2 Å². The molecule has 0 bridgehead atoms. The van der Waals surface area contributed by atoms with E-state index in [0.717, 1.165) is 36.4 Å². The molecule has 2 atom stereocenters. The summed E-state index contributed by atoms with van der Waals surface area (Å²) >= 11 is 0. The maximum Gasteiger partial charge on any atom is 0.204 e. The van der Waals surface area contributed by atoms with Crippen molar-refractivity contribution in [2.45, 2.75) is 44.6 Å². The molecule has 1 fully saturated rings. The number of nitrogens with zero attached hydrogens (tertiary/aromatic N) is 2. The van der Waals surface area contributed by atoms with Crippen LogP contribution in [0.4, 0.5) is 0 Å². The molecule has 4 nitrogen and oxygen atoms in total. The second-order valence-electron chi connectivity index (χ2n) is 5.21. The fraction of sp³-hybridized carbons (Fsp3) is 0.538. The van der Waals surface area contributed by atoms with Crippen molar-refractivity contribution in [3.8, 4) is 0 Å². The lowest BCUT2D eigenvalue weighted by Gasteiger charge is -2.24. The van der Waals surface area contributed by atoms with Gasteiger partial charge in [-0.05, 0) is 38.8 Å². The second-order valence-corrected chi connectivity index (χ2v) is 5.21. The molecule has 3 rings (SSSR count). The van der Waals surface area contributed by atoms with Crippen LogP contribution in [0.25, 0.3) is 11.2 Å². The molecule has 2 aromatic rings. The van der Waals surface area contributed by atoms with E-state index in [-0.39, 0.29) is 11.5 Å². The summed E-state index contributed by atoms with van der Waals surface area (Å²) in [5.74, 6) is 0.746. The van der Waals surface area contributed by atoms with Gasteiger partial charge in [0.1, 0.15) is 0 Å². The summed E-state index contributed by atoms with van der Waals surface area (Å²) in [4.78, 5) is 8.90. The minimum Gasteiger partial charge on any atom is -0.438 e. The third kappa shape index (κ3) is 1.55. The Morgan fingerprint density at radius 2 is 2.24 bits per heavy atom. The van der Waals surface area contributed by atoms with Crippen molar-refractivity contribution in [1.82, 2.24) is 9.97 Å². The summed E-state index contributed by atoms with van der Waals surface area (Å²) in [7, 11) is 0. The van der Waals surface area contributed by atoms with Crippen LogP contribution in [0.5, 0.6) is 0 Å². The third-order valence-electron chi connectivity index (χ3n) is 3.91. The summed E-state index contributed by atoms with van der Waals surface area (Å²) in [6.07, 6.45) is 3.23. The molecular weight excluding hydrogens is 214 g/mol. The maximum atomic E-state index is 6.18. The molecule has 2 unspecified atom stereocenters. The van der Waals surface area contributed by atoms with Crippen LogP contribution in [0.1, 0.15) is 37.8 Å². The number of oxazole rings is 1. The molecule has 0 saturated heterocycles. The van der Waals surface area contributed by atoms with Gasteiger partial charge >= 0.3 is 0 Å². The van der Waals surface area contributed by atoms with Gasteiger partial charge in [-0.2, -0.15) is 4.98 Å². The van der Waals surface area contributed by atoms with Crippen molar-refractivity contribution in [2.24, 2.45) is 5.73 Å². The molecule has 1 aliphatic rings. The lowest BCUT2D eigenvalue weighted by molar-refractivity contribution is 0.332. The van der Waals surface area contributed by atoms with Gasteiger partial charge in [0, 0.05) is 11.7 Å². The Morgan fingerprint density at radius 3 is 2.94 bits per heavy atom. The first kappa shape index (κ1) is 10.7. The van der Waals surface area contributed by atoms with Crippen molar-refractivity contribution in [3.05, 3.63) is 23.7 Å². The number of nitrogens with two attached hydrogens (primary N) is 1. The SMILES string of the molecule is Cc1ccc2oc(C3(C)CCCC3N)nc2n1. The molecule has 17 heavy (non-hydrogen) atoms. The van der Waals surface area contributed by atoms with Gasteiger partial charge in [-0.25, -0.2) is 4.98 Å². The van der Waals surface area contributed by atoms with Crippen molar-refractivity contribution in [2.75, 3.05) is 0 Å². The molecule has 2 heterocycles. The first-order valence-electron chi connectivity index (χ1n) is 6.10. The monoisotopic (exact) mass is 231 g/mol. The molecule has 0 aliphatic heterocycles. The quantitative estimate of drug-likeness (QED) is 0.817. The Labute approximate surface area is 100 Å². The average molecular weight is 231 g/mol. The highest BCUT2D eigenvalue weighted by molar-refractivity contribution is 5.68. The van der Waals surface area contributed by atoms with Gasteiger partial charge in [-0.15, -0.1) is 0 Å². The first-order chi connectivity index (χ1) is 8.09. The molecule has 1 saturated carbocycles. The number of fused-ring (bicyclic) bond motifs is 1. The highest BCUT2D eigenvalue weighted by Crippen LogP contribution is 2.40. The van der Waals surface area contributed by atoms with E-state index in [1.807, 2.05) is 19.1 Å². The van der Waals surface area contributed by atoms with E-state index >= 15 is 0 Å². The molecule has 0 radical (unpaired) electrons. The van der Waals surface area contributed by atoms with Crippen LogP contribution in [-0.2, 0) is 5.41 Å². The van der Waals surface area contributed by atoms with E-state index in [2.05, 4.69) is 16.9 Å². The molecule has 2 N–H and O–H groups in total. The number of rotatable bonds is 1. The predicted octanol–water partition coefficient (Wildman–Crippen LogP) is 2.30. The molecule has 0 aromatic carbocycles. The Hall–Kier alpha value is -1.42. The van der Waals surface area contributed by atoms with E-state index in [1.54, 1.807) is 0 Å². The minimum absolute atomic E-state index is 0.130. The lowest BCUT2D eigenvalue weighted by atomic mass is 9.85. The van der Waals surface area contributed by atoms with E-state index in [0.29, 0.717) is 5.65 Å². The van der Waals surface area contributed by atoms with Crippen LogP contribution in [0.3, 0.4) is 0 Å². The van der Waals surface area contributed by atoms with Gasteiger partial charge in [-0.3, -0.25) is 0 Å². The fourth-order valence-electron chi connectivity index (χ4n) is 2.62. The van der Waals surface area contributed by atoms with Gasteiger partial charge in [-0.1, -0.05) is 6.42 Å². The highest BCUT2D eigenvalue weighted by Gasteiger charge is 2.42. The van der Waals surface area contributed by atoms with Crippen LogP contribution in [0.2, 0.25) is 0 Å². The molecule has 90 valence electrons. The Morgan fingerprint density at radius 1 is 1.41 bits per heavy atom. The fourth-order valence-corrected chi connectivity index (χ4v) is 2.62. The molecule has 2 aromatic heterocycles. The van der Waals surface area contributed by atoms with Gasteiger partial charge < -0.3 is 10.2 Å². The summed E-state index contributed by atoms with van der Waals surface area (Å²) < 4.78 is 5.83. The summed E-state index contributed by atoms with van der Waals surface area (Å²) in [6, 6.07) is 4.00. The molecule has 1 aliphatic carbocycles. The van der Waals surface area contributed by atoms with Gasteiger partial charge in [0.25, 0.3) is 0 Å². The van der Waals surface area contributed by atoms with E-state index in [1.165, 1.54) is 0 Å². The van der Waals surface area contributed by atoms with Crippen molar-refractivity contribution in [3.63, 3.8) is 0 Å². The predicted molar refractivity (Wildman–Crippen MR) is 65.7 cm³/mol. The van der Waals surface area contributed by atoms with Crippen LogP contribution >= 0.6 is 0 Å². The summed E-state index contributed by atoms with van der Waals surface area (Å²) in [5.41, 5.74) is 8.45. The molecule has 0 spiro atoms. The summed E-state index contributed by atoms with van der Waals surface area (Å²) in [5, 5.41) is 0. The van der Waals surface area contributed by atoms with Gasteiger partial charge in [0.05, 0.1) is 5.41 Å². The first-order valence-corrected chi connectivity index (χ1v) is 6.10. The van der Waals surface area contributed by atoms with Gasteiger partial charge in [0.15, 0.2) is 11.2 Å². The average Bonchev–Trinajstić information content (AvgIpc) is 2.84. The third-order valence-corrected chi connectivity index (χ3v) is 3.91. The largest absolute Gasteiger partial charge is 0.438 e. The molecular formula is C13H17N3O. The van der Waals surface area contributed by atoms with E-state index < -0.39 is 0 Å². The van der Waals surface area contributed by atoms with Crippen LogP contribution < -0.4 is 5.73 Å².